The van der Waals surface area contributed by atoms with Crippen LogP contribution in [0, 0.1) is 11.8 Å². The number of hydrogen-bond donors (Lipinski definition) is 1. The molecule has 2 amide bonds. The Labute approximate surface area is 132 Å². The highest BCUT2D eigenvalue weighted by atomic mass is 32.2. The lowest BCUT2D eigenvalue weighted by Gasteiger charge is -2.42. The Hall–Kier alpha value is -0.970. The van der Waals surface area contributed by atoms with Gasteiger partial charge in [-0.05, 0) is 11.8 Å². The first-order valence-corrected chi connectivity index (χ1v) is 8.88. The average molecular weight is 312 g/mol. The molecule has 0 aromatic carbocycles. The van der Waals surface area contributed by atoms with Gasteiger partial charge in [0.2, 0.25) is 11.8 Å². The van der Waals surface area contributed by atoms with Crippen LogP contribution in [-0.4, -0.2) is 46.8 Å². The summed E-state index contributed by atoms with van der Waals surface area (Å²) in [6.07, 6.45) is 2.74. The van der Waals surface area contributed by atoms with Crippen LogP contribution in [0.1, 0.15) is 34.1 Å². The molecule has 1 aliphatic rings. The number of rotatable bonds is 8. The van der Waals surface area contributed by atoms with Crippen molar-refractivity contribution in [1.82, 2.24) is 10.2 Å². The fraction of sp³-hybridized carbons (Fsp3) is 0.750. The summed E-state index contributed by atoms with van der Waals surface area (Å²) >= 11 is 1.74. The maximum atomic E-state index is 12.7. The van der Waals surface area contributed by atoms with Gasteiger partial charge in [0.25, 0.3) is 0 Å². The van der Waals surface area contributed by atoms with Gasteiger partial charge >= 0.3 is 0 Å². The normalized spacial score (nSPS) is 24.1. The third-order valence-electron chi connectivity index (χ3n) is 4.01. The van der Waals surface area contributed by atoms with Gasteiger partial charge in [-0.3, -0.25) is 9.59 Å². The zero-order valence-electron chi connectivity index (χ0n) is 13.6. The molecule has 0 saturated carbocycles. The van der Waals surface area contributed by atoms with Crippen molar-refractivity contribution < 1.29 is 9.59 Å². The van der Waals surface area contributed by atoms with E-state index in [-0.39, 0.29) is 35.7 Å². The number of nitrogens with zero attached hydrogens (tertiary/aromatic N) is 1. The quantitative estimate of drug-likeness (QED) is 0.553. The average Bonchev–Trinajstić information content (AvgIpc) is 2.45. The maximum Gasteiger partial charge on any atom is 0.246 e. The lowest BCUT2D eigenvalue weighted by Crippen LogP contribution is -2.66. The van der Waals surface area contributed by atoms with Crippen molar-refractivity contribution in [3.63, 3.8) is 0 Å². The van der Waals surface area contributed by atoms with Crippen LogP contribution in [0.3, 0.4) is 0 Å². The molecule has 5 heteroatoms. The second kappa shape index (κ2) is 8.47. The van der Waals surface area contributed by atoms with Crippen molar-refractivity contribution in [3.8, 4) is 0 Å². The van der Waals surface area contributed by atoms with Gasteiger partial charge in [-0.1, -0.05) is 40.2 Å². The summed E-state index contributed by atoms with van der Waals surface area (Å²) in [6, 6.07) is -0.718. The third kappa shape index (κ3) is 4.50. The standard InChI is InChI=1S/C16H28N2O2S/c1-6-9-21-10-8-18-14(11(3)4)15(19)17-13(16(18)20)12(5)7-2/h6,11-14H,1,7-10H2,2-5H3,(H,17,19). The van der Waals surface area contributed by atoms with Crippen molar-refractivity contribution in [2.75, 3.05) is 18.1 Å². The van der Waals surface area contributed by atoms with Gasteiger partial charge < -0.3 is 10.2 Å². The lowest BCUT2D eigenvalue weighted by molar-refractivity contribution is -0.152. The lowest BCUT2D eigenvalue weighted by atomic mass is 9.91. The molecule has 4 nitrogen and oxygen atoms in total. The van der Waals surface area contributed by atoms with E-state index in [1.165, 1.54) is 0 Å². The van der Waals surface area contributed by atoms with Gasteiger partial charge in [0, 0.05) is 18.1 Å². The smallest absolute Gasteiger partial charge is 0.246 e. The monoisotopic (exact) mass is 312 g/mol. The Morgan fingerprint density at radius 3 is 2.57 bits per heavy atom. The number of thioether (sulfide) groups is 1. The van der Waals surface area contributed by atoms with Crippen LogP contribution in [0.4, 0.5) is 0 Å². The molecule has 3 atom stereocenters. The Balaban J connectivity index is 2.84. The highest BCUT2D eigenvalue weighted by Gasteiger charge is 2.43. The topological polar surface area (TPSA) is 49.4 Å². The number of carbonyl (C=O) groups excluding carboxylic acids is 2. The van der Waals surface area contributed by atoms with Crippen LogP contribution >= 0.6 is 11.8 Å². The molecule has 0 aromatic heterocycles. The summed E-state index contributed by atoms with van der Waals surface area (Å²) in [5.74, 6) is 2.05. The van der Waals surface area contributed by atoms with Gasteiger partial charge in [-0.15, -0.1) is 6.58 Å². The van der Waals surface area contributed by atoms with Crippen LogP contribution < -0.4 is 5.32 Å². The van der Waals surface area contributed by atoms with E-state index in [9.17, 15) is 9.59 Å². The van der Waals surface area contributed by atoms with Crippen molar-refractivity contribution in [1.29, 1.82) is 0 Å². The minimum Gasteiger partial charge on any atom is -0.342 e. The van der Waals surface area contributed by atoms with E-state index in [4.69, 9.17) is 0 Å². The van der Waals surface area contributed by atoms with Gasteiger partial charge in [-0.25, -0.2) is 0 Å². The fourth-order valence-electron chi connectivity index (χ4n) is 2.62. The van der Waals surface area contributed by atoms with Gasteiger partial charge in [-0.2, -0.15) is 11.8 Å². The number of hydrogen-bond acceptors (Lipinski definition) is 3. The molecule has 3 unspecified atom stereocenters. The van der Waals surface area contributed by atoms with E-state index in [2.05, 4.69) is 11.9 Å². The molecule has 0 radical (unpaired) electrons. The minimum atomic E-state index is -0.373. The van der Waals surface area contributed by atoms with Crippen LogP contribution in [0.5, 0.6) is 0 Å². The molecule has 1 N–H and O–H groups in total. The molecule has 0 spiro atoms. The highest BCUT2D eigenvalue weighted by molar-refractivity contribution is 7.99. The Kier molecular flexibility index (Phi) is 7.29. The largest absolute Gasteiger partial charge is 0.342 e. The molecule has 120 valence electrons. The molecule has 0 aliphatic carbocycles. The predicted molar refractivity (Wildman–Crippen MR) is 89.2 cm³/mol. The minimum absolute atomic E-state index is 0.0105. The number of piperazine rings is 1. The number of nitrogens with one attached hydrogen (secondary N) is 1. The van der Waals surface area contributed by atoms with E-state index in [0.717, 1.165) is 17.9 Å². The van der Waals surface area contributed by atoms with Crippen LogP contribution in [0.25, 0.3) is 0 Å². The molecule has 1 rings (SSSR count). The third-order valence-corrected chi connectivity index (χ3v) is 4.95. The number of amides is 2. The summed E-state index contributed by atoms with van der Waals surface area (Å²) in [5, 5.41) is 2.93. The molecule has 0 aromatic rings. The highest BCUT2D eigenvalue weighted by Crippen LogP contribution is 2.22. The van der Waals surface area contributed by atoms with E-state index in [1.54, 1.807) is 16.7 Å². The molecule has 1 saturated heterocycles. The van der Waals surface area contributed by atoms with Gasteiger partial charge in [0.05, 0.1) is 0 Å². The summed E-state index contributed by atoms with van der Waals surface area (Å²) < 4.78 is 0. The Morgan fingerprint density at radius 1 is 1.38 bits per heavy atom. The van der Waals surface area contributed by atoms with Crippen molar-refractivity contribution in [3.05, 3.63) is 12.7 Å². The molecular weight excluding hydrogens is 284 g/mol. The summed E-state index contributed by atoms with van der Waals surface area (Å²) in [4.78, 5) is 26.9. The summed E-state index contributed by atoms with van der Waals surface area (Å²) in [5.41, 5.74) is 0. The Morgan fingerprint density at radius 2 is 2.05 bits per heavy atom. The van der Waals surface area contributed by atoms with Crippen molar-refractivity contribution >= 4 is 23.6 Å². The molecule has 21 heavy (non-hydrogen) atoms. The van der Waals surface area contributed by atoms with E-state index in [1.807, 2.05) is 33.8 Å². The molecule has 1 aliphatic heterocycles. The molecule has 1 heterocycles. The van der Waals surface area contributed by atoms with E-state index in [0.29, 0.717) is 6.54 Å². The van der Waals surface area contributed by atoms with Crippen molar-refractivity contribution in [2.24, 2.45) is 11.8 Å². The second-order valence-electron chi connectivity index (χ2n) is 5.96. The summed E-state index contributed by atoms with van der Waals surface area (Å²) in [7, 11) is 0. The maximum absolute atomic E-state index is 12.7. The van der Waals surface area contributed by atoms with E-state index < -0.39 is 0 Å². The first-order valence-electron chi connectivity index (χ1n) is 7.73. The second-order valence-corrected chi connectivity index (χ2v) is 7.11. The zero-order valence-corrected chi connectivity index (χ0v) is 14.4. The van der Waals surface area contributed by atoms with E-state index >= 15 is 0 Å². The zero-order chi connectivity index (χ0) is 16.0. The predicted octanol–water partition coefficient (Wildman–Crippen LogP) is 2.30. The van der Waals surface area contributed by atoms with Crippen LogP contribution in [0.15, 0.2) is 12.7 Å². The fourth-order valence-corrected chi connectivity index (χ4v) is 3.28. The first-order chi connectivity index (χ1) is 9.93. The molecule has 0 bridgehead atoms. The van der Waals surface area contributed by atoms with Crippen LogP contribution in [0.2, 0.25) is 0 Å². The molecular formula is C16H28N2O2S. The molecule has 1 fully saturated rings. The number of carbonyl (C=O) groups is 2. The van der Waals surface area contributed by atoms with Gasteiger partial charge in [0.15, 0.2) is 0 Å². The SMILES string of the molecule is C=CCSCCN1C(=O)C(C(C)CC)NC(=O)C1C(C)C. The summed E-state index contributed by atoms with van der Waals surface area (Å²) in [6.45, 7) is 12.4. The van der Waals surface area contributed by atoms with Crippen LogP contribution in [-0.2, 0) is 9.59 Å². The first kappa shape index (κ1) is 18.1. The Bertz CT molecular complexity index is 384. The van der Waals surface area contributed by atoms with Crippen molar-refractivity contribution in [2.45, 2.75) is 46.2 Å². The van der Waals surface area contributed by atoms with Gasteiger partial charge in [0.1, 0.15) is 12.1 Å².